The molecule has 1 N–H and O–H groups in total. The molecule has 0 amide bonds. The molecule has 1 aliphatic carbocycles. The number of halogens is 1. The maximum atomic E-state index is 11.8. The summed E-state index contributed by atoms with van der Waals surface area (Å²) in [6.07, 6.45) is 3.81. The van der Waals surface area contributed by atoms with Crippen molar-refractivity contribution in [3.63, 3.8) is 0 Å². The molecule has 1 saturated heterocycles. The van der Waals surface area contributed by atoms with Crippen LogP contribution in [0, 0.1) is 0 Å². The summed E-state index contributed by atoms with van der Waals surface area (Å²) in [6, 6.07) is 1.80. The van der Waals surface area contributed by atoms with E-state index in [1.807, 2.05) is 0 Å². The molecule has 19 heavy (non-hydrogen) atoms. The van der Waals surface area contributed by atoms with E-state index in [2.05, 4.69) is 31.2 Å². The molecule has 0 spiro atoms. The van der Waals surface area contributed by atoms with E-state index in [1.54, 1.807) is 6.07 Å². The first-order valence-corrected chi connectivity index (χ1v) is 9.05. The van der Waals surface area contributed by atoms with E-state index in [-0.39, 0.29) is 5.25 Å². The van der Waals surface area contributed by atoms with Gasteiger partial charge in [0.1, 0.15) is 16.2 Å². The molecule has 1 aliphatic heterocycles. The lowest BCUT2D eigenvalue weighted by molar-refractivity contribution is 0.591. The predicted molar refractivity (Wildman–Crippen MR) is 77.0 cm³/mol. The number of nitrogens with zero attached hydrogens (tertiary/aromatic N) is 2. The van der Waals surface area contributed by atoms with Crippen molar-refractivity contribution in [2.24, 2.45) is 0 Å². The van der Waals surface area contributed by atoms with Gasteiger partial charge in [-0.05, 0) is 41.6 Å². The quantitative estimate of drug-likeness (QED) is 0.846. The fourth-order valence-electron chi connectivity index (χ4n) is 2.36. The number of sulfone groups is 1. The van der Waals surface area contributed by atoms with Gasteiger partial charge in [0.2, 0.25) is 0 Å². The maximum Gasteiger partial charge on any atom is 0.154 e. The lowest BCUT2D eigenvalue weighted by atomic mass is 10.2. The summed E-state index contributed by atoms with van der Waals surface area (Å²) in [5.74, 6) is 2.37. The van der Waals surface area contributed by atoms with Crippen LogP contribution < -0.4 is 5.32 Å². The molecule has 2 fully saturated rings. The average molecular weight is 346 g/mol. The van der Waals surface area contributed by atoms with Crippen LogP contribution in [-0.2, 0) is 9.84 Å². The van der Waals surface area contributed by atoms with E-state index in [9.17, 15) is 8.42 Å². The van der Waals surface area contributed by atoms with Gasteiger partial charge in [0.25, 0.3) is 0 Å². The summed E-state index contributed by atoms with van der Waals surface area (Å²) in [7, 11) is -2.90. The van der Waals surface area contributed by atoms with Crippen molar-refractivity contribution in [3.05, 3.63) is 16.5 Å². The van der Waals surface area contributed by atoms with Crippen LogP contribution in [0.4, 0.5) is 5.82 Å². The Morgan fingerprint density at radius 1 is 1.32 bits per heavy atom. The Balaban J connectivity index is 1.69. The Hall–Kier alpha value is -0.690. The Labute approximate surface area is 121 Å². The second kappa shape index (κ2) is 5.01. The Bertz CT molecular complexity index is 587. The predicted octanol–water partition coefficient (Wildman–Crippen LogP) is 2.11. The van der Waals surface area contributed by atoms with Crippen molar-refractivity contribution in [3.8, 4) is 0 Å². The highest BCUT2D eigenvalue weighted by atomic mass is 79.9. The SMILES string of the molecule is O=S1(=O)CCCC1CNc1cc(Br)nc(C2CC2)n1. The van der Waals surface area contributed by atoms with E-state index in [1.165, 1.54) is 0 Å². The number of aromatic nitrogens is 2. The molecule has 1 atom stereocenters. The van der Waals surface area contributed by atoms with Crippen LogP contribution in [0.15, 0.2) is 10.7 Å². The van der Waals surface area contributed by atoms with Gasteiger partial charge in [-0.15, -0.1) is 0 Å². The van der Waals surface area contributed by atoms with Crippen LogP contribution >= 0.6 is 15.9 Å². The minimum atomic E-state index is -2.90. The lowest BCUT2D eigenvalue weighted by Crippen LogP contribution is -2.25. The van der Waals surface area contributed by atoms with Crippen LogP contribution in [-0.4, -0.2) is 35.9 Å². The Morgan fingerprint density at radius 2 is 2.11 bits per heavy atom. The highest BCUT2D eigenvalue weighted by molar-refractivity contribution is 9.10. The second-order valence-electron chi connectivity index (χ2n) is 5.22. The van der Waals surface area contributed by atoms with Crippen molar-refractivity contribution in [2.75, 3.05) is 17.6 Å². The van der Waals surface area contributed by atoms with E-state index in [0.717, 1.165) is 36.1 Å². The number of hydrogen-bond acceptors (Lipinski definition) is 5. The molecule has 2 heterocycles. The molecular weight excluding hydrogens is 330 g/mol. The third kappa shape index (κ3) is 3.08. The van der Waals surface area contributed by atoms with Gasteiger partial charge in [-0.1, -0.05) is 0 Å². The van der Waals surface area contributed by atoms with Crippen LogP contribution in [0.2, 0.25) is 0 Å². The summed E-state index contributed by atoms with van der Waals surface area (Å²) in [5, 5.41) is 2.87. The highest BCUT2D eigenvalue weighted by Crippen LogP contribution is 2.38. The zero-order valence-corrected chi connectivity index (χ0v) is 12.9. The first kappa shape index (κ1) is 13.3. The number of nitrogens with one attached hydrogen (secondary N) is 1. The van der Waals surface area contributed by atoms with Gasteiger partial charge in [-0.3, -0.25) is 0 Å². The average Bonchev–Trinajstić information content (AvgIpc) is 3.12. The van der Waals surface area contributed by atoms with Gasteiger partial charge in [-0.25, -0.2) is 18.4 Å². The molecule has 7 heteroatoms. The normalized spacial score (nSPS) is 25.4. The van der Waals surface area contributed by atoms with Gasteiger partial charge in [0, 0.05) is 18.5 Å². The Kier molecular flexibility index (Phi) is 3.51. The molecule has 1 unspecified atom stereocenters. The van der Waals surface area contributed by atoms with Crippen molar-refractivity contribution in [1.82, 2.24) is 9.97 Å². The fourth-order valence-corrected chi connectivity index (χ4v) is 4.52. The molecule has 1 saturated carbocycles. The molecule has 0 radical (unpaired) electrons. The van der Waals surface area contributed by atoms with Crippen LogP contribution in [0.25, 0.3) is 0 Å². The summed E-state index contributed by atoms with van der Waals surface area (Å²) < 4.78 is 24.3. The van der Waals surface area contributed by atoms with Crippen LogP contribution in [0.5, 0.6) is 0 Å². The molecule has 0 bridgehead atoms. The number of anilines is 1. The second-order valence-corrected chi connectivity index (χ2v) is 8.43. The molecule has 5 nitrogen and oxygen atoms in total. The summed E-state index contributed by atoms with van der Waals surface area (Å²) in [6.45, 7) is 0.440. The molecular formula is C12H16BrN3O2S. The van der Waals surface area contributed by atoms with Crippen molar-refractivity contribution >= 4 is 31.6 Å². The topological polar surface area (TPSA) is 72.0 Å². The third-order valence-electron chi connectivity index (χ3n) is 3.63. The van der Waals surface area contributed by atoms with Gasteiger partial charge in [0.15, 0.2) is 9.84 Å². The van der Waals surface area contributed by atoms with Crippen LogP contribution in [0.3, 0.4) is 0 Å². The number of rotatable bonds is 4. The highest BCUT2D eigenvalue weighted by Gasteiger charge is 2.31. The maximum absolute atomic E-state index is 11.8. The lowest BCUT2D eigenvalue weighted by Gasteiger charge is -2.12. The van der Waals surface area contributed by atoms with Crippen LogP contribution in [0.1, 0.15) is 37.4 Å². The number of hydrogen-bond donors (Lipinski definition) is 1. The summed E-state index contributed by atoms with van der Waals surface area (Å²) >= 11 is 3.38. The summed E-state index contributed by atoms with van der Waals surface area (Å²) in [4.78, 5) is 8.81. The van der Waals surface area contributed by atoms with Crippen molar-refractivity contribution in [2.45, 2.75) is 36.9 Å². The van der Waals surface area contributed by atoms with E-state index < -0.39 is 9.84 Å². The molecule has 1 aromatic heterocycles. The van der Waals surface area contributed by atoms with E-state index in [0.29, 0.717) is 24.0 Å². The van der Waals surface area contributed by atoms with E-state index in [4.69, 9.17) is 0 Å². The minimum absolute atomic E-state index is 0.273. The largest absolute Gasteiger partial charge is 0.369 e. The summed E-state index contributed by atoms with van der Waals surface area (Å²) in [5.41, 5.74) is 0. The zero-order valence-electron chi connectivity index (χ0n) is 10.5. The monoisotopic (exact) mass is 345 g/mol. The van der Waals surface area contributed by atoms with Gasteiger partial charge >= 0.3 is 0 Å². The minimum Gasteiger partial charge on any atom is -0.369 e. The van der Waals surface area contributed by atoms with Gasteiger partial charge < -0.3 is 5.32 Å². The molecule has 0 aromatic carbocycles. The fraction of sp³-hybridized carbons (Fsp3) is 0.667. The molecule has 3 rings (SSSR count). The molecule has 1 aromatic rings. The Morgan fingerprint density at radius 3 is 2.74 bits per heavy atom. The smallest absolute Gasteiger partial charge is 0.154 e. The molecule has 2 aliphatic rings. The zero-order chi connectivity index (χ0) is 13.5. The van der Waals surface area contributed by atoms with Crippen molar-refractivity contribution < 1.29 is 8.42 Å². The third-order valence-corrected chi connectivity index (χ3v) is 6.31. The first-order chi connectivity index (χ1) is 9.04. The van der Waals surface area contributed by atoms with Gasteiger partial charge in [0.05, 0.1) is 11.0 Å². The van der Waals surface area contributed by atoms with Crippen molar-refractivity contribution in [1.29, 1.82) is 0 Å². The van der Waals surface area contributed by atoms with E-state index >= 15 is 0 Å². The molecule has 104 valence electrons. The van der Waals surface area contributed by atoms with Gasteiger partial charge in [-0.2, -0.15) is 0 Å². The first-order valence-electron chi connectivity index (χ1n) is 6.54. The standard InChI is InChI=1S/C12H16BrN3O2S/c13-10-6-11(16-12(15-10)8-3-4-8)14-7-9-2-1-5-19(9,17)18/h6,8-9H,1-5,7H2,(H,14,15,16).